The van der Waals surface area contributed by atoms with Crippen LogP contribution in [0.1, 0.15) is 29.6 Å². The van der Waals surface area contributed by atoms with Crippen LogP contribution in [-0.4, -0.2) is 23.9 Å². The van der Waals surface area contributed by atoms with E-state index in [9.17, 15) is 14.9 Å². The van der Waals surface area contributed by atoms with Gasteiger partial charge in [0, 0.05) is 19.2 Å². The van der Waals surface area contributed by atoms with E-state index in [1.54, 1.807) is 6.07 Å². The summed E-state index contributed by atoms with van der Waals surface area (Å²) in [6.07, 6.45) is 3.07. The average molecular weight is 249 g/mol. The highest BCUT2D eigenvalue weighted by Crippen LogP contribution is 2.33. The van der Waals surface area contributed by atoms with Gasteiger partial charge in [0.1, 0.15) is 5.69 Å². The van der Waals surface area contributed by atoms with Crippen molar-refractivity contribution in [3.8, 4) is 0 Å². The Labute approximate surface area is 105 Å². The normalized spacial score (nSPS) is 15.4. The van der Waals surface area contributed by atoms with Gasteiger partial charge in [-0.05, 0) is 25.3 Å². The predicted molar refractivity (Wildman–Crippen MR) is 67.7 cm³/mol. The predicted octanol–water partition coefficient (Wildman–Crippen LogP) is 1.68. The molecule has 6 nitrogen and oxygen atoms in total. The van der Waals surface area contributed by atoms with Crippen LogP contribution in [0.15, 0.2) is 18.2 Å². The van der Waals surface area contributed by atoms with Crippen LogP contribution < -0.4 is 10.6 Å². The lowest BCUT2D eigenvalue weighted by Crippen LogP contribution is -2.32. The van der Waals surface area contributed by atoms with E-state index in [0.29, 0.717) is 5.69 Å². The SMILES string of the molecule is NC(=O)c1cccc([N+](=O)[O-])c1N1CCCCC1. The van der Waals surface area contributed by atoms with Gasteiger partial charge in [0.15, 0.2) is 0 Å². The van der Waals surface area contributed by atoms with E-state index in [4.69, 9.17) is 5.73 Å². The molecule has 1 saturated heterocycles. The second-order valence-corrected chi connectivity index (χ2v) is 4.34. The van der Waals surface area contributed by atoms with Crippen LogP contribution >= 0.6 is 0 Å². The van der Waals surface area contributed by atoms with Crippen molar-refractivity contribution < 1.29 is 9.72 Å². The summed E-state index contributed by atoms with van der Waals surface area (Å²) in [5.74, 6) is -0.626. The Kier molecular flexibility index (Phi) is 3.45. The molecule has 2 N–H and O–H groups in total. The van der Waals surface area contributed by atoms with Crippen molar-refractivity contribution in [1.29, 1.82) is 0 Å². The van der Waals surface area contributed by atoms with E-state index < -0.39 is 10.8 Å². The standard InChI is InChI=1S/C12H15N3O3/c13-12(16)9-5-4-6-10(15(17)18)11(9)14-7-2-1-3-8-14/h4-6H,1-3,7-8H2,(H2,13,16). The molecular formula is C12H15N3O3. The first-order chi connectivity index (χ1) is 8.61. The Hall–Kier alpha value is -2.11. The molecule has 0 spiro atoms. The number of nitrogens with two attached hydrogens (primary N) is 1. The van der Waals surface area contributed by atoms with Gasteiger partial charge in [0.05, 0.1) is 10.5 Å². The smallest absolute Gasteiger partial charge is 0.293 e. The van der Waals surface area contributed by atoms with Gasteiger partial charge in [-0.1, -0.05) is 6.07 Å². The summed E-state index contributed by atoms with van der Waals surface area (Å²) in [5, 5.41) is 11.1. The van der Waals surface area contributed by atoms with Crippen LogP contribution in [-0.2, 0) is 0 Å². The molecule has 96 valence electrons. The molecule has 0 aromatic heterocycles. The fourth-order valence-electron chi connectivity index (χ4n) is 2.33. The van der Waals surface area contributed by atoms with Gasteiger partial charge in [-0.15, -0.1) is 0 Å². The fourth-order valence-corrected chi connectivity index (χ4v) is 2.33. The number of carbonyl (C=O) groups is 1. The molecule has 0 unspecified atom stereocenters. The van der Waals surface area contributed by atoms with Crippen LogP contribution in [0.5, 0.6) is 0 Å². The second-order valence-electron chi connectivity index (χ2n) is 4.34. The first-order valence-electron chi connectivity index (χ1n) is 5.93. The number of anilines is 1. The third-order valence-corrected chi connectivity index (χ3v) is 3.15. The molecule has 18 heavy (non-hydrogen) atoms. The van der Waals surface area contributed by atoms with Crippen molar-refractivity contribution in [2.75, 3.05) is 18.0 Å². The maximum absolute atomic E-state index is 11.4. The monoisotopic (exact) mass is 249 g/mol. The largest absolute Gasteiger partial charge is 0.366 e. The minimum atomic E-state index is -0.626. The molecule has 1 aliphatic heterocycles. The molecule has 2 rings (SSSR count). The Bertz CT molecular complexity index is 449. The molecule has 0 aliphatic carbocycles. The van der Waals surface area contributed by atoms with Crippen molar-refractivity contribution in [2.45, 2.75) is 19.3 Å². The molecule has 0 radical (unpaired) electrons. The number of nitrogens with zero attached hydrogens (tertiary/aromatic N) is 2. The highest BCUT2D eigenvalue weighted by molar-refractivity contribution is 6.00. The number of hydrogen-bond acceptors (Lipinski definition) is 4. The average Bonchev–Trinajstić information content (AvgIpc) is 2.38. The number of primary amides is 1. The highest BCUT2D eigenvalue weighted by Gasteiger charge is 2.26. The van der Waals surface area contributed by atoms with E-state index in [0.717, 1.165) is 32.4 Å². The van der Waals surface area contributed by atoms with Crippen molar-refractivity contribution in [3.05, 3.63) is 33.9 Å². The van der Waals surface area contributed by atoms with Crippen molar-refractivity contribution >= 4 is 17.3 Å². The summed E-state index contributed by atoms with van der Waals surface area (Å²) in [7, 11) is 0. The van der Waals surface area contributed by atoms with Gasteiger partial charge >= 0.3 is 0 Å². The quantitative estimate of drug-likeness (QED) is 0.652. The number of nitro groups is 1. The van der Waals surface area contributed by atoms with Crippen LogP contribution in [0.2, 0.25) is 0 Å². The Balaban J connectivity index is 2.52. The van der Waals surface area contributed by atoms with Gasteiger partial charge in [-0.3, -0.25) is 14.9 Å². The maximum Gasteiger partial charge on any atom is 0.293 e. The summed E-state index contributed by atoms with van der Waals surface area (Å²) in [6.45, 7) is 1.45. The molecule has 1 aliphatic rings. The lowest BCUT2D eigenvalue weighted by Gasteiger charge is -2.29. The molecule has 0 bridgehead atoms. The third-order valence-electron chi connectivity index (χ3n) is 3.15. The number of amides is 1. The minimum absolute atomic E-state index is 0.0480. The molecule has 6 heteroatoms. The van der Waals surface area contributed by atoms with Crippen LogP contribution in [0.25, 0.3) is 0 Å². The summed E-state index contributed by atoms with van der Waals surface area (Å²) in [5.41, 5.74) is 5.85. The number of para-hydroxylation sites is 1. The summed E-state index contributed by atoms with van der Waals surface area (Å²) >= 11 is 0. The summed E-state index contributed by atoms with van der Waals surface area (Å²) in [4.78, 5) is 23.9. The van der Waals surface area contributed by atoms with Gasteiger partial charge < -0.3 is 10.6 Å². The Morgan fingerprint density at radius 2 is 1.94 bits per heavy atom. The number of benzene rings is 1. The van der Waals surface area contributed by atoms with Crippen LogP contribution in [0.3, 0.4) is 0 Å². The first-order valence-corrected chi connectivity index (χ1v) is 5.93. The molecule has 1 amide bonds. The van der Waals surface area contributed by atoms with Crippen molar-refractivity contribution in [2.24, 2.45) is 5.73 Å². The van der Waals surface area contributed by atoms with Crippen molar-refractivity contribution in [3.63, 3.8) is 0 Å². The number of piperidine rings is 1. The zero-order valence-electron chi connectivity index (χ0n) is 9.96. The number of hydrogen-bond donors (Lipinski definition) is 1. The topological polar surface area (TPSA) is 89.5 Å². The number of nitro benzene ring substituents is 1. The number of carbonyl (C=O) groups excluding carboxylic acids is 1. The minimum Gasteiger partial charge on any atom is -0.366 e. The van der Waals surface area contributed by atoms with E-state index in [2.05, 4.69) is 0 Å². The van der Waals surface area contributed by atoms with Crippen molar-refractivity contribution in [1.82, 2.24) is 0 Å². The zero-order chi connectivity index (χ0) is 13.1. The summed E-state index contributed by atoms with van der Waals surface area (Å²) in [6, 6.07) is 4.45. The molecule has 0 atom stereocenters. The molecule has 1 aromatic rings. The highest BCUT2D eigenvalue weighted by atomic mass is 16.6. The van der Waals surface area contributed by atoms with E-state index in [1.807, 2.05) is 4.90 Å². The van der Waals surface area contributed by atoms with Crippen LogP contribution in [0.4, 0.5) is 11.4 Å². The van der Waals surface area contributed by atoms with Crippen LogP contribution in [0, 0.1) is 10.1 Å². The van der Waals surface area contributed by atoms with Gasteiger partial charge in [0.2, 0.25) is 0 Å². The van der Waals surface area contributed by atoms with E-state index >= 15 is 0 Å². The lowest BCUT2D eigenvalue weighted by atomic mass is 10.1. The molecule has 0 saturated carbocycles. The molecule has 1 heterocycles. The van der Waals surface area contributed by atoms with E-state index in [1.165, 1.54) is 12.1 Å². The number of rotatable bonds is 3. The summed E-state index contributed by atoms with van der Waals surface area (Å²) < 4.78 is 0. The van der Waals surface area contributed by atoms with E-state index in [-0.39, 0.29) is 11.3 Å². The fraction of sp³-hybridized carbons (Fsp3) is 0.417. The third kappa shape index (κ3) is 2.27. The zero-order valence-corrected chi connectivity index (χ0v) is 9.96. The molecule has 1 aromatic carbocycles. The molecule has 1 fully saturated rings. The second kappa shape index (κ2) is 5.03. The van der Waals surface area contributed by atoms with Gasteiger partial charge in [-0.2, -0.15) is 0 Å². The maximum atomic E-state index is 11.4. The van der Waals surface area contributed by atoms with Gasteiger partial charge in [0.25, 0.3) is 11.6 Å². The Morgan fingerprint density at radius 1 is 1.28 bits per heavy atom. The first kappa shape index (κ1) is 12.3. The van der Waals surface area contributed by atoms with Gasteiger partial charge in [-0.25, -0.2) is 0 Å². The lowest BCUT2D eigenvalue weighted by molar-refractivity contribution is -0.384. The molecular weight excluding hydrogens is 234 g/mol. The Morgan fingerprint density at radius 3 is 2.50 bits per heavy atom.